The van der Waals surface area contributed by atoms with Crippen LogP contribution in [-0.2, 0) is 4.79 Å². The summed E-state index contributed by atoms with van der Waals surface area (Å²) in [6.07, 6.45) is 0.528. The predicted octanol–water partition coefficient (Wildman–Crippen LogP) is 5.08. The highest BCUT2D eigenvalue weighted by atomic mass is 19.1. The average molecular weight is 489 g/mol. The van der Waals surface area contributed by atoms with Crippen LogP contribution in [0.2, 0.25) is 0 Å². The standard InChI is InChI=1S/C29H30F2N4O/c1-20-10-11-24(21(2)16-20)26-18-28(22-6-5-7-23(30)17-22)35(32-26)29(36)19-33-12-14-34(15-13-33)27-9-4-3-8-25(27)31/h3-11,16-17,28H,12-15,18-19H2,1-2H3/t28-/m0/s1. The summed E-state index contributed by atoms with van der Waals surface area (Å²) in [7, 11) is 0. The van der Waals surface area contributed by atoms with Crippen molar-refractivity contribution in [2.24, 2.45) is 5.10 Å². The van der Waals surface area contributed by atoms with E-state index in [4.69, 9.17) is 5.10 Å². The van der Waals surface area contributed by atoms with Gasteiger partial charge < -0.3 is 4.90 Å². The fourth-order valence-electron chi connectivity index (χ4n) is 5.13. The van der Waals surface area contributed by atoms with Crippen LogP contribution in [0.15, 0.2) is 71.8 Å². The third-order valence-electron chi connectivity index (χ3n) is 7.02. The molecule has 0 aromatic heterocycles. The molecule has 0 N–H and O–H groups in total. The van der Waals surface area contributed by atoms with Crippen LogP contribution >= 0.6 is 0 Å². The van der Waals surface area contributed by atoms with Crippen LogP contribution in [0.1, 0.15) is 34.7 Å². The Kier molecular flexibility index (Phi) is 6.83. The first-order valence-electron chi connectivity index (χ1n) is 12.3. The minimum absolute atomic E-state index is 0.122. The Hall–Kier alpha value is -3.58. The molecule has 5 rings (SSSR count). The molecule has 1 amide bonds. The number of carbonyl (C=O) groups excluding carboxylic acids is 1. The van der Waals surface area contributed by atoms with Gasteiger partial charge in [-0.15, -0.1) is 0 Å². The molecule has 0 unspecified atom stereocenters. The van der Waals surface area contributed by atoms with Gasteiger partial charge in [0, 0.05) is 38.2 Å². The maximum Gasteiger partial charge on any atom is 0.257 e. The van der Waals surface area contributed by atoms with E-state index in [-0.39, 0.29) is 30.1 Å². The number of piperazine rings is 1. The van der Waals surface area contributed by atoms with Crippen molar-refractivity contribution in [3.05, 3.63) is 101 Å². The van der Waals surface area contributed by atoms with E-state index in [1.165, 1.54) is 28.8 Å². The molecular formula is C29H30F2N4O. The first kappa shape index (κ1) is 24.1. The molecule has 0 radical (unpaired) electrons. The van der Waals surface area contributed by atoms with Gasteiger partial charge in [-0.3, -0.25) is 9.69 Å². The van der Waals surface area contributed by atoms with Crippen molar-refractivity contribution >= 4 is 17.3 Å². The molecular weight excluding hydrogens is 458 g/mol. The summed E-state index contributed by atoms with van der Waals surface area (Å²) in [5, 5.41) is 6.30. The van der Waals surface area contributed by atoms with Gasteiger partial charge in [-0.05, 0) is 49.2 Å². The zero-order chi connectivity index (χ0) is 25.2. The molecule has 1 saturated heterocycles. The van der Waals surface area contributed by atoms with Crippen molar-refractivity contribution < 1.29 is 13.6 Å². The maximum absolute atomic E-state index is 14.2. The second kappa shape index (κ2) is 10.2. The molecule has 1 atom stereocenters. The van der Waals surface area contributed by atoms with E-state index in [0.717, 1.165) is 22.4 Å². The van der Waals surface area contributed by atoms with Crippen molar-refractivity contribution in [3.8, 4) is 0 Å². The zero-order valence-electron chi connectivity index (χ0n) is 20.6. The van der Waals surface area contributed by atoms with Crippen LogP contribution in [0.25, 0.3) is 0 Å². The van der Waals surface area contributed by atoms with Crippen molar-refractivity contribution in [1.29, 1.82) is 0 Å². The van der Waals surface area contributed by atoms with Crippen LogP contribution in [-0.4, -0.2) is 54.3 Å². The number of aryl methyl sites for hydroxylation is 2. The first-order valence-corrected chi connectivity index (χ1v) is 12.3. The molecule has 7 heteroatoms. The maximum atomic E-state index is 14.2. The molecule has 1 fully saturated rings. The van der Waals surface area contributed by atoms with E-state index in [0.29, 0.717) is 38.3 Å². The van der Waals surface area contributed by atoms with Crippen LogP contribution in [0, 0.1) is 25.5 Å². The predicted molar refractivity (Wildman–Crippen MR) is 138 cm³/mol. The van der Waals surface area contributed by atoms with Crippen LogP contribution < -0.4 is 4.90 Å². The first-order chi connectivity index (χ1) is 17.4. The lowest BCUT2D eigenvalue weighted by Gasteiger charge is -2.36. The summed E-state index contributed by atoms with van der Waals surface area (Å²) in [5.41, 5.74) is 5.44. The van der Waals surface area contributed by atoms with Gasteiger partial charge in [-0.1, -0.05) is 48.0 Å². The number of halogens is 2. The third kappa shape index (κ3) is 5.02. The topological polar surface area (TPSA) is 39.2 Å². The normalized spacial score (nSPS) is 18.4. The fourth-order valence-corrected chi connectivity index (χ4v) is 5.13. The highest BCUT2D eigenvalue weighted by Gasteiger charge is 2.34. The molecule has 2 heterocycles. The number of anilines is 1. The number of nitrogens with zero attached hydrogens (tertiary/aromatic N) is 4. The number of benzene rings is 3. The molecule has 3 aromatic carbocycles. The lowest BCUT2D eigenvalue weighted by atomic mass is 9.95. The van der Waals surface area contributed by atoms with Gasteiger partial charge >= 0.3 is 0 Å². The molecule has 2 aliphatic rings. The molecule has 0 aliphatic carbocycles. The Morgan fingerprint density at radius 1 is 0.944 bits per heavy atom. The second-order valence-corrected chi connectivity index (χ2v) is 9.59. The Labute approximate surface area is 210 Å². The summed E-state index contributed by atoms with van der Waals surface area (Å²) in [6.45, 7) is 6.86. The van der Waals surface area contributed by atoms with E-state index in [2.05, 4.69) is 11.0 Å². The molecule has 5 nitrogen and oxygen atoms in total. The quantitative estimate of drug-likeness (QED) is 0.503. The van der Waals surface area contributed by atoms with Gasteiger partial charge in [0.2, 0.25) is 0 Å². The summed E-state index contributed by atoms with van der Waals surface area (Å²) >= 11 is 0. The molecule has 0 spiro atoms. The fraction of sp³-hybridized carbons (Fsp3) is 0.310. The smallest absolute Gasteiger partial charge is 0.257 e. The Balaban J connectivity index is 1.33. The molecule has 0 bridgehead atoms. The van der Waals surface area contributed by atoms with Crippen molar-refractivity contribution in [1.82, 2.24) is 9.91 Å². The Morgan fingerprint density at radius 2 is 1.72 bits per heavy atom. The highest BCUT2D eigenvalue weighted by molar-refractivity contribution is 6.04. The van der Waals surface area contributed by atoms with Gasteiger partial charge in [0.05, 0.1) is 24.0 Å². The summed E-state index contributed by atoms with van der Waals surface area (Å²) in [5.74, 6) is -0.683. The van der Waals surface area contributed by atoms with Crippen LogP contribution in [0.3, 0.4) is 0 Å². The lowest BCUT2D eigenvalue weighted by molar-refractivity contribution is -0.134. The second-order valence-electron chi connectivity index (χ2n) is 9.59. The number of hydrogen-bond donors (Lipinski definition) is 0. The molecule has 2 aliphatic heterocycles. The van der Waals surface area contributed by atoms with Crippen molar-refractivity contribution in [3.63, 3.8) is 0 Å². The van der Waals surface area contributed by atoms with E-state index in [1.54, 1.807) is 18.2 Å². The zero-order valence-corrected chi connectivity index (χ0v) is 20.6. The largest absolute Gasteiger partial charge is 0.367 e. The number of rotatable bonds is 5. The lowest BCUT2D eigenvalue weighted by Crippen LogP contribution is -2.49. The number of para-hydroxylation sites is 1. The van der Waals surface area contributed by atoms with Crippen LogP contribution in [0.5, 0.6) is 0 Å². The molecule has 3 aromatic rings. The number of amides is 1. The third-order valence-corrected chi connectivity index (χ3v) is 7.02. The highest BCUT2D eigenvalue weighted by Crippen LogP contribution is 2.34. The van der Waals surface area contributed by atoms with Gasteiger partial charge in [0.15, 0.2) is 0 Å². The number of carbonyl (C=O) groups is 1. The van der Waals surface area contributed by atoms with Crippen LogP contribution in [0.4, 0.5) is 14.5 Å². The van der Waals surface area contributed by atoms with Crippen molar-refractivity contribution in [2.75, 3.05) is 37.6 Å². The SMILES string of the molecule is Cc1ccc(C2=NN(C(=O)CN3CCN(c4ccccc4F)CC3)[C@H](c3cccc(F)c3)C2)c(C)c1. The Morgan fingerprint density at radius 3 is 2.44 bits per heavy atom. The van der Waals surface area contributed by atoms with Crippen molar-refractivity contribution in [2.45, 2.75) is 26.3 Å². The molecule has 36 heavy (non-hydrogen) atoms. The van der Waals surface area contributed by atoms with E-state index in [9.17, 15) is 13.6 Å². The minimum Gasteiger partial charge on any atom is -0.367 e. The molecule has 186 valence electrons. The summed E-state index contributed by atoms with van der Waals surface area (Å²) in [6, 6.07) is 19.0. The van der Waals surface area contributed by atoms with E-state index in [1.807, 2.05) is 43.0 Å². The number of hydrazone groups is 1. The number of hydrogen-bond acceptors (Lipinski definition) is 4. The summed E-state index contributed by atoms with van der Waals surface area (Å²) in [4.78, 5) is 17.6. The van der Waals surface area contributed by atoms with Gasteiger partial charge in [0.1, 0.15) is 11.6 Å². The van der Waals surface area contributed by atoms with E-state index >= 15 is 0 Å². The van der Waals surface area contributed by atoms with Gasteiger partial charge in [0.25, 0.3) is 5.91 Å². The summed E-state index contributed by atoms with van der Waals surface area (Å²) < 4.78 is 28.3. The monoisotopic (exact) mass is 488 g/mol. The van der Waals surface area contributed by atoms with Gasteiger partial charge in [-0.2, -0.15) is 5.10 Å². The minimum atomic E-state index is -0.358. The van der Waals surface area contributed by atoms with E-state index < -0.39 is 0 Å². The van der Waals surface area contributed by atoms with Gasteiger partial charge in [-0.25, -0.2) is 13.8 Å². The molecule has 0 saturated carbocycles. The average Bonchev–Trinajstić information content (AvgIpc) is 3.30. The Bertz CT molecular complexity index is 1300.